The third-order valence-electron chi connectivity index (χ3n) is 5.28. The van der Waals surface area contributed by atoms with Gasteiger partial charge in [0.05, 0.1) is 30.1 Å². The van der Waals surface area contributed by atoms with Crippen molar-refractivity contribution in [3.05, 3.63) is 78.7 Å². The molecular weight excluding hydrogens is 379 g/mol. The number of hydrogen-bond donors (Lipinski definition) is 1. The Morgan fingerprint density at radius 2 is 1.63 bits per heavy atom. The van der Waals surface area contributed by atoms with Gasteiger partial charge in [0.25, 0.3) is 0 Å². The molecule has 3 aromatic carbocycles. The van der Waals surface area contributed by atoms with Crippen LogP contribution < -0.4 is 10.2 Å². The Hall–Kier alpha value is -3.51. The Morgan fingerprint density at radius 3 is 2.50 bits per heavy atom. The summed E-state index contributed by atoms with van der Waals surface area (Å²) in [6, 6.07) is 20.6. The van der Waals surface area contributed by atoms with Crippen LogP contribution in [-0.2, 0) is 4.74 Å². The van der Waals surface area contributed by atoms with Crippen molar-refractivity contribution in [1.82, 2.24) is 9.97 Å². The van der Waals surface area contributed by atoms with Crippen molar-refractivity contribution in [2.75, 3.05) is 36.5 Å². The van der Waals surface area contributed by atoms with E-state index in [9.17, 15) is 4.39 Å². The predicted molar refractivity (Wildman–Crippen MR) is 118 cm³/mol. The first kappa shape index (κ1) is 18.5. The number of morpholine rings is 1. The first-order valence-electron chi connectivity index (χ1n) is 9.99. The lowest BCUT2D eigenvalue weighted by Crippen LogP contribution is -2.36. The van der Waals surface area contributed by atoms with Crippen molar-refractivity contribution in [2.45, 2.75) is 0 Å². The Bertz CT molecular complexity index is 1190. The van der Waals surface area contributed by atoms with Crippen LogP contribution in [0.3, 0.4) is 0 Å². The summed E-state index contributed by atoms with van der Waals surface area (Å²) in [5.41, 5.74) is 4.01. The maximum absolute atomic E-state index is 14.4. The van der Waals surface area contributed by atoms with Gasteiger partial charge in [-0.15, -0.1) is 0 Å². The molecule has 1 aromatic heterocycles. The normalized spacial score (nSPS) is 14.1. The van der Waals surface area contributed by atoms with Crippen LogP contribution in [0, 0.1) is 5.82 Å². The number of nitrogens with one attached hydrogen (secondary N) is 1. The van der Waals surface area contributed by atoms with E-state index in [0.29, 0.717) is 30.2 Å². The fraction of sp³-hybridized carbons (Fsp3) is 0.167. The molecule has 1 aliphatic heterocycles. The van der Waals surface area contributed by atoms with Crippen molar-refractivity contribution in [3.8, 4) is 11.1 Å². The van der Waals surface area contributed by atoms with Crippen LogP contribution in [0.15, 0.2) is 72.9 Å². The average molecular weight is 400 g/mol. The van der Waals surface area contributed by atoms with Crippen LogP contribution in [0.4, 0.5) is 21.7 Å². The molecule has 0 aliphatic carbocycles. The van der Waals surface area contributed by atoms with E-state index in [0.717, 1.165) is 35.4 Å². The molecule has 1 N–H and O–H groups in total. The zero-order valence-electron chi connectivity index (χ0n) is 16.4. The standard InChI is InChI=1S/C24H21FN4O/c25-20-9-2-1-7-18(20)19-8-5-6-17-16-26-24(28-23(17)19)27-21-10-3-4-11-22(21)29-12-14-30-15-13-29/h1-11,16H,12-15H2,(H,26,27,28). The summed E-state index contributed by atoms with van der Waals surface area (Å²) in [6.07, 6.45) is 1.77. The van der Waals surface area contributed by atoms with E-state index < -0.39 is 0 Å². The maximum atomic E-state index is 14.4. The number of ether oxygens (including phenoxy) is 1. The summed E-state index contributed by atoms with van der Waals surface area (Å²) in [7, 11) is 0. The third-order valence-corrected chi connectivity index (χ3v) is 5.28. The number of benzene rings is 3. The number of anilines is 3. The fourth-order valence-corrected chi connectivity index (χ4v) is 3.79. The molecule has 0 saturated carbocycles. The summed E-state index contributed by atoms with van der Waals surface area (Å²) < 4.78 is 19.9. The quantitative estimate of drug-likeness (QED) is 0.522. The second-order valence-electron chi connectivity index (χ2n) is 7.16. The molecule has 0 bridgehead atoms. The predicted octanol–water partition coefficient (Wildman–Crippen LogP) is 5.02. The van der Waals surface area contributed by atoms with Crippen molar-refractivity contribution in [2.24, 2.45) is 0 Å². The highest BCUT2D eigenvalue weighted by molar-refractivity contribution is 5.94. The lowest BCUT2D eigenvalue weighted by atomic mass is 10.0. The zero-order chi connectivity index (χ0) is 20.3. The Morgan fingerprint density at radius 1 is 0.867 bits per heavy atom. The first-order valence-corrected chi connectivity index (χ1v) is 9.99. The molecule has 0 unspecified atom stereocenters. The van der Waals surface area contributed by atoms with E-state index in [1.807, 2.05) is 42.5 Å². The van der Waals surface area contributed by atoms with Crippen molar-refractivity contribution < 1.29 is 9.13 Å². The summed E-state index contributed by atoms with van der Waals surface area (Å²) in [6.45, 7) is 3.11. The average Bonchev–Trinajstić information content (AvgIpc) is 2.80. The molecule has 150 valence electrons. The van der Waals surface area contributed by atoms with Gasteiger partial charge in [0.1, 0.15) is 5.82 Å². The minimum absolute atomic E-state index is 0.268. The van der Waals surface area contributed by atoms with Gasteiger partial charge in [0.2, 0.25) is 5.95 Å². The monoisotopic (exact) mass is 400 g/mol. The lowest BCUT2D eigenvalue weighted by Gasteiger charge is -2.30. The van der Waals surface area contributed by atoms with E-state index >= 15 is 0 Å². The molecule has 0 radical (unpaired) electrons. The van der Waals surface area contributed by atoms with Gasteiger partial charge in [-0.05, 0) is 18.2 Å². The number of fused-ring (bicyclic) bond motifs is 1. The number of rotatable bonds is 4. The largest absolute Gasteiger partial charge is 0.378 e. The number of para-hydroxylation sites is 3. The molecule has 4 aromatic rings. The minimum atomic E-state index is -0.268. The van der Waals surface area contributed by atoms with E-state index in [2.05, 4.69) is 21.3 Å². The third kappa shape index (κ3) is 3.57. The summed E-state index contributed by atoms with van der Waals surface area (Å²) in [5, 5.41) is 4.22. The van der Waals surface area contributed by atoms with Crippen LogP contribution >= 0.6 is 0 Å². The van der Waals surface area contributed by atoms with Gasteiger partial charge in [0, 0.05) is 35.8 Å². The Kier molecular flexibility index (Phi) is 4.99. The van der Waals surface area contributed by atoms with E-state index in [-0.39, 0.29) is 5.82 Å². The molecule has 1 aliphatic rings. The number of nitrogens with zero attached hydrogens (tertiary/aromatic N) is 3. The molecule has 5 nitrogen and oxygen atoms in total. The fourth-order valence-electron chi connectivity index (χ4n) is 3.79. The van der Waals surface area contributed by atoms with E-state index in [4.69, 9.17) is 9.72 Å². The topological polar surface area (TPSA) is 50.3 Å². The molecular formula is C24H21FN4O. The highest BCUT2D eigenvalue weighted by Crippen LogP contribution is 2.32. The van der Waals surface area contributed by atoms with Gasteiger partial charge in [-0.25, -0.2) is 14.4 Å². The van der Waals surface area contributed by atoms with Crippen molar-refractivity contribution >= 4 is 28.2 Å². The summed E-state index contributed by atoms with van der Waals surface area (Å²) >= 11 is 0. The molecule has 6 heteroatoms. The molecule has 1 fully saturated rings. The van der Waals surface area contributed by atoms with Crippen molar-refractivity contribution in [1.29, 1.82) is 0 Å². The van der Waals surface area contributed by atoms with Crippen LogP contribution in [0.2, 0.25) is 0 Å². The maximum Gasteiger partial charge on any atom is 0.227 e. The van der Waals surface area contributed by atoms with Crippen LogP contribution in [0.1, 0.15) is 0 Å². The van der Waals surface area contributed by atoms with Gasteiger partial charge >= 0.3 is 0 Å². The smallest absolute Gasteiger partial charge is 0.227 e. The Labute approximate surface area is 174 Å². The van der Waals surface area contributed by atoms with E-state index in [1.54, 1.807) is 18.3 Å². The van der Waals surface area contributed by atoms with E-state index in [1.165, 1.54) is 6.07 Å². The van der Waals surface area contributed by atoms with Crippen LogP contribution in [-0.4, -0.2) is 36.3 Å². The van der Waals surface area contributed by atoms with Crippen molar-refractivity contribution in [3.63, 3.8) is 0 Å². The van der Waals surface area contributed by atoms with Gasteiger partial charge in [-0.3, -0.25) is 0 Å². The molecule has 0 amide bonds. The Balaban J connectivity index is 1.54. The minimum Gasteiger partial charge on any atom is -0.378 e. The second kappa shape index (κ2) is 8.08. The lowest BCUT2D eigenvalue weighted by molar-refractivity contribution is 0.123. The number of aromatic nitrogens is 2. The molecule has 5 rings (SSSR count). The SMILES string of the molecule is Fc1ccccc1-c1cccc2cnc(Nc3ccccc3N3CCOCC3)nc12. The summed E-state index contributed by atoms with van der Waals surface area (Å²) in [4.78, 5) is 11.5. The molecule has 2 heterocycles. The second-order valence-corrected chi connectivity index (χ2v) is 7.16. The van der Waals surface area contributed by atoms with Gasteiger partial charge in [-0.2, -0.15) is 0 Å². The number of hydrogen-bond acceptors (Lipinski definition) is 5. The highest BCUT2D eigenvalue weighted by atomic mass is 19.1. The molecule has 0 atom stereocenters. The molecule has 0 spiro atoms. The van der Waals surface area contributed by atoms with Crippen LogP contribution in [0.5, 0.6) is 0 Å². The summed E-state index contributed by atoms with van der Waals surface area (Å²) in [5.74, 6) is 0.211. The van der Waals surface area contributed by atoms with Gasteiger partial charge in [-0.1, -0.05) is 48.5 Å². The van der Waals surface area contributed by atoms with Crippen LogP contribution in [0.25, 0.3) is 22.0 Å². The molecule has 30 heavy (non-hydrogen) atoms. The number of halogens is 1. The van der Waals surface area contributed by atoms with Gasteiger partial charge in [0.15, 0.2) is 0 Å². The highest BCUT2D eigenvalue weighted by Gasteiger charge is 2.16. The van der Waals surface area contributed by atoms with Gasteiger partial charge < -0.3 is 15.0 Å². The molecule has 1 saturated heterocycles. The first-order chi connectivity index (χ1) is 14.8. The zero-order valence-corrected chi connectivity index (χ0v) is 16.4.